The molecule has 0 heterocycles. The van der Waals surface area contributed by atoms with E-state index < -0.39 is 5.97 Å². The molecular weight excluding hydrogens is 299 g/mol. The number of methoxy groups -OCH3 is 1. The van der Waals surface area contributed by atoms with Crippen molar-refractivity contribution in [2.75, 3.05) is 7.11 Å². The molecule has 0 bridgehead atoms. The molecule has 0 aliphatic carbocycles. The molecular formula is C15H12Cl2O3. The summed E-state index contributed by atoms with van der Waals surface area (Å²) < 4.78 is 10.3. The topological polar surface area (TPSA) is 35.5 Å². The lowest BCUT2D eigenvalue weighted by Gasteiger charge is -2.09. The number of ether oxygens (including phenoxy) is 2. The van der Waals surface area contributed by atoms with Gasteiger partial charge in [-0.25, -0.2) is 4.79 Å². The predicted octanol–water partition coefficient (Wildman–Crippen LogP) is 4.36. The first-order valence-electron chi connectivity index (χ1n) is 5.86. The van der Waals surface area contributed by atoms with Crippen LogP contribution in [0.3, 0.4) is 0 Å². The van der Waals surface area contributed by atoms with Crippen LogP contribution in [0, 0.1) is 0 Å². The first kappa shape index (κ1) is 14.7. The summed E-state index contributed by atoms with van der Waals surface area (Å²) in [7, 11) is 1.51. The van der Waals surface area contributed by atoms with Crippen molar-refractivity contribution in [3.05, 3.63) is 63.6 Å². The summed E-state index contributed by atoms with van der Waals surface area (Å²) in [5.74, 6) is 0.0279. The summed E-state index contributed by atoms with van der Waals surface area (Å²) in [6.45, 7) is 0.119. The molecule has 20 heavy (non-hydrogen) atoms. The van der Waals surface area contributed by atoms with E-state index in [1.54, 1.807) is 42.5 Å². The first-order valence-corrected chi connectivity index (χ1v) is 6.61. The number of hydrogen-bond acceptors (Lipinski definition) is 3. The number of hydrogen-bond donors (Lipinski definition) is 0. The van der Waals surface area contributed by atoms with Crippen molar-refractivity contribution in [3.63, 3.8) is 0 Å². The second-order valence-electron chi connectivity index (χ2n) is 4.02. The van der Waals surface area contributed by atoms with Gasteiger partial charge in [-0.2, -0.15) is 0 Å². The molecule has 2 aromatic carbocycles. The number of rotatable bonds is 4. The summed E-state index contributed by atoms with van der Waals surface area (Å²) in [6, 6.07) is 12.0. The second-order valence-corrected chi connectivity index (χ2v) is 4.84. The van der Waals surface area contributed by atoms with E-state index >= 15 is 0 Å². The van der Waals surface area contributed by atoms with Gasteiger partial charge in [0.1, 0.15) is 17.9 Å². The van der Waals surface area contributed by atoms with Crippen LogP contribution in [0.1, 0.15) is 15.9 Å². The minimum absolute atomic E-state index is 0.119. The molecule has 0 saturated carbocycles. The largest absolute Gasteiger partial charge is 0.496 e. The average Bonchev–Trinajstić information content (AvgIpc) is 2.48. The highest BCUT2D eigenvalue weighted by Gasteiger charge is 2.13. The smallest absolute Gasteiger partial charge is 0.342 e. The Labute approximate surface area is 127 Å². The Balaban J connectivity index is 2.06. The number of esters is 1. The normalized spacial score (nSPS) is 10.2. The van der Waals surface area contributed by atoms with Crippen molar-refractivity contribution in [1.82, 2.24) is 0 Å². The summed E-state index contributed by atoms with van der Waals surface area (Å²) in [4.78, 5) is 12.0. The van der Waals surface area contributed by atoms with Gasteiger partial charge < -0.3 is 9.47 Å². The Hall–Kier alpha value is -1.71. The molecule has 3 nitrogen and oxygen atoms in total. The molecule has 0 fully saturated rings. The fourth-order valence-corrected chi connectivity index (χ4v) is 1.99. The Morgan fingerprint density at radius 1 is 1.10 bits per heavy atom. The van der Waals surface area contributed by atoms with Crippen molar-refractivity contribution in [1.29, 1.82) is 0 Å². The van der Waals surface area contributed by atoms with E-state index in [9.17, 15) is 4.79 Å². The van der Waals surface area contributed by atoms with Crippen molar-refractivity contribution >= 4 is 29.2 Å². The van der Waals surface area contributed by atoms with Crippen LogP contribution in [0.2, 0.25) is 10.0 Å². The van der Waals surface area contributed by atoms with Crippen LogP contribution < -0.4 is 4.74 Å². The fraction of sp³-hybridized carbons (Fsp3) is 0.133. The lowest BCUT2D eigenvalue weighted by molar-refractivity contribution is 0.0469. The van der Waals surface area contributed by atoms with Gasteiger partial charge in [-0.05, 0) is 29.8 Å². The Morgan fingerprint density at radius 2 is 1.85 bits per heavy atom. The number of halogens is 2. The third kappa shape index (κ3) is 3.44. The summed E-state index contributed by atoms with van der Waals surface area (Å²) in [5, 5.41) is 0.893. The zero-order valence-electron chi connectivity index (χ0n) is 10.7. The Kier molecular flexibility index (Phi) is 4.88. The number of benzene rings is 2. The monoisotopic (exact) mass is 310 g/mol. The van der Waals surface area contributed by atoms with E-state index in [4.69, 9.17) is 32.7 Å². The van der Waals surface area contributed by atoms with E-state index in [2.05, 4.69) is 0 Å². The molecule has 0 N–H and O–H groups in total. The highest BCUT2D eigenvalue weighted by Crippen LogP contribution is 2.23. The van der Waals surface area contributed by atoms with Crippen molar-refractivity contribution in [2.45, 2.75) is 6.61 Å². The molecule has 104 valence electrons. The molecule has 0 aliphatic heterocycles. The third-order valence-corrected chi connectivity index (χ3v) is 3.42. The maximum absolute atomic E-state index is 12.0. The van der Waals surface area contributed by atoms with Crippen LogP contribution in [0.4, 0.5) is 0 Å². The molecule has 2 rings (SSSR count). The molecule has 0 radical (unpaired) electrons. The van der Waals surface area contributed by atoms with Gasteiger partial charge in [-0.15, -0.1) is 0 Å². The van der Waals surface area contributed by atoms with Gasteiger partial charge in [-0.1, -0.05) is 41.4 Å². The van der Waals surface area contributed by atoms with Crippen LogP contribution in [0.5, 0.6) is 5.75 Å². The molecule has 0 saturated heterocycles. The van der Waals surface area contributed by atoms with Gasteiger partial charge >= 0.3 is 5.97 Å². The molecule has 2 aromatic rings. The predicted molar refractivity (Wildman–Crippen MR) is 78.6 cm³/mol. The van der Waals surface area contributed by atoms with E-state index in [0.717, 1.165) is 5.56 Å². The van der Waals surface area contributed by atoms with E-state index in [-0.39, 0.29) is 6.61 Å². The second kappa shape index (κ2) is 6.64. The first-order chi connectivity index (χ1) is 9.61. The van der Waals surface area contributed by atoms with Crippen LogP contribution in [0.25, 0.3) is 0 Å². The molecule has 0 aromatic heterocycles. The summed E-state index contributed by atoms with van der Waals surface area (Å²) in [6.07, 6.45) is 0. The average molecular weight is 311 g/mol. The molecule has 0 atom stereocenters. The highest BCUT2D eigenvalue weighted by molar-refractivity contribution is 6.42. The Bertz CT molecular complexity index is 626. The maximum Gasteiger partial charge on any atom is 0.342 e. The van der Waals surface area contributed by atoms with Gasteiger partial charge in [0, 0.05) is 0 Å². The summed E-state index contributed by atoms with van der Waals surface area (Å²) in [5.41, 5.74) is 1.15. The lowest BCUT2D eigenvalue weighted by Crippen LogP contribution is -2.07. The van der Waals surface area contributed by atoms with Gasteiger partial charge in [0.25, 0.3) is 0 Å². The standard InChI is InChI=1S/C15H12Cl2O3/c1-19-14-5-3-2-4-11(14)15(18)20-9-10-6-7-12(16)13(17)8-10/h2-8H,9H2,1H3. The SMILES string of the molecule is COc1ccccc1C(=O)OCc1ccc(Cl)c(Cl)c1. The Morgan fingerprint density at radius 3 is 2.55 bits per heavy atom. The van der Waals surface area contributed by atoms with Gasteiger partial charge in [0.15, 0.2) is 0 Å². The van der Waals surface area contributed by atoms with Gasteiger partial charge in [0.2, 0.25) is 0 Å². The third-order valence-electron chi connectivity index (χ3n) is 2.68. The fourth-order valence-electron chi connectivity index (χ4n) is 1.67. The summed E-state index contributed by atoms with van der Waals surface area (Å²) >= 11 is 11.7. The lowest BCUT2D eigenvalue weighted by atomic mass is 10.2. The van der Waals surface area contributed by atoms with Crippen LogP contribution in [-0.4, -0.2) is 13.1 Å². The van der Waals surface area contributed by atoms with Gasteiger partial charge in [0.05, 0.1) is 17.2 Å². The molecule has 5 heteroatoms. The van der Waals surface area contributed by atoms with E-state index in [1.807, 2.05) is 0 Å². The van der Waals surface area contributed by atoms with Gasteiger partial charge in [-0.3, -0.25) is 0 Å². The minimum Gasteiger partial charge on any atom is -0.496 e. The molecule has 0 amide bonds. The quantitative estimate of drug-likeness (QED) is 0.787. The van der Waals surface area contributed by atoms with Crippen molar-refractivity contribution < 1.29 is 14.3 Å². The number of carbonyl (C=O) groups excluding carboxylic acids is 1. The molecule has 0 spiro atoms. The number of para-hydroxylation sites is 1. The van der Waals surface area contributed by atoms with Crippen LogP contribution in [-0.2, 0) is 11.3 Å². The molecule has 0 unspecified atom stereocenters. The maximum atomic E-state index is 12.0. The zero-order chi connectivity index (χ0) is 14.5. The molecule has 0 aliphatic rings. The van der Waals surface area contributed by atoms with Crippen LogP contribution >= 0.6 is 23.2 Å². The minimum atomic E-state index is -0.450. The van der Waals surface area contributed by atoms with Crippen molar-refractivity contribution in [3.8, 4) is 5.75 Å². The number of carbonyl (C=O) groups is 1. The zero-order valence-corrected chi connectivity index (χ0v) is 12.2. The van der Waals surface area contributed by atoms with Crippen LogP contribution in [0.15, 0.2) is 42.5 Å². The highest BCUT2D eigenvalue weighted by atomic mass is 35.5. The van der Waals surface area contributed by atoms with Crippen molar-refractivity contribution in [2.24, 2.45) is 0 Å². The van der Waals surface area contributed by atoms with E-state index in [0.29, 0.717) is 21.4 Å². The van der Waals surface area contributed by atoms with E-state index in [1.165, 1.54) is 7.11 Å².